The molecule has 4 nitrogen and oxygen atoms in total. The molecule has 2 atom stereocenters. The molecule has 16 heavy (non-hydrogen) atoms. The molecule has 1 aromatic rings. The summed E-state index contributed by atoms with van der Waals surface area (Å²) in [7, 11) is 1.95. The van der Waals surface area contributed by atoms with Crippen molar-refractivity contribution < 1.29 is 5.11 Å². The van der Waals surface area contributed by atoms with Crippen LogP contribution in [-0.4, -0.2) is 27.5 Å². The Hall–Kier alpha value is -0.870. The van der Waals surface area contributed by atoms with Crippen LogP contribution in [0, 0.1) is 5.92 Å². The number of aliphatic hydroxyl groups is 1. The lowest BCUT2D eigenvalue weighted by Gasteiger charge is -2.27. The van der Waals surface area contributed by atoms with Crippen LogP contribution in [0.4, 0.5) is 0 Å². The van der Waals surface area contributed by atoms with Gasteiger partial charge in [-0.3, -0.25) is 4.68 Å². The Bertz CT molecular complexity index is 324. The molecule has 1 aliphatic carbocycles. The van der Waals surface area contributed by atoms with Gasteiger partial charge in [-0.05, 0) is 24.8 Å². The average Bonchev–Trinajstić information content (AvgIpc) is 2.67. The summed E-state index contributed by atoms with van der Waals surface area (Å²) in [6, 6.07) is 2.02. The normalized spacial score (nSPS) is 25.9. The number of aromatic nitrogens is 2. The monoisotopic (exact) mass is 223 g/mol. The van der Waals surface area contributed by atoms with Gasteiger partial charge in [0.2, 0.25) is 0 Å². The molecule has 90 valence electrons. The highest BCUT2D eigenvalue weighted by molar-refractivity contribution is 4.99. The van der Waals surface area contributed by atoms with Gasteiger partial charge < -0.3 is 10.4 Å². The van der Waals surface area contributed by atoms with Crippen LogP contribution in [0.2, 0.25) is 0 Å². The van der Waals surface area contributed by atoms with Crippen LogP contribution in [0.15, 0.2) is 12.3 Å². The van der Waals surface area contributed by atoms with E-state index in [1.54, 1.807) is 0 Å². The summed E-state index contributed by atoms with van der Waals surface area (Å²) >= 11 is 0. The highest BCUT2D eigenvalue weighted by Crippen LogP contribution is 2.23. The molecule has 1 aliphatic rings. The van der Waals surface area contributed by atoms with Crippen LogP contribution >= 0.6 is 0 Å². The summed E-state index contributed by atoms with van der Waals surface area (Å²) in [6.45, 7) is 1.74. The zero-order valence-corrected chi connectivity index (χ0v) is 9.89. The largest absolute Gasteiger partial charge is 0.393 e. The number of hydrogen-bond donors (Lipinski definition) is 2. The Morgan fingerprint density at radius 2 is 2.31 bits per heavy atom. The van der Waals surface area contributed by atoms with E-state index in [9.17, 15) is 5.11 Å². The van der Waals surface area contributed by atoms with E-state index >= 15 is 0 Å². The Morgan fingerprint density at radius 3 is 3.00 bits per heavy atom. The molecule has 2 N–H and O–H groups in total. The molecular formula is C12H21N3O. The number of hydrogen-bond acceptors (Lipinski definition) is 3. The molecule has 0 spiro atoms. The molecule has 0 saturated heterocycles. The van der Waals surface area contributed by atoms with Crippen molar-refractivity contribution in [2.45, 2.75) is 38.3 Å². The fraction of sp³-hybridized carbons (Fsp3) is 0.750. The van der Waals surface area contributed by atoms with Crippen molar-refractivity contribution in [2.24, 2.45) is 13.0 Å². The minimum atomic E-state index is -0.104. The number of aliphatic hydroxyl groups excluding tert-OH is 1. The summed E-state index contributed by atoms with van der Waals surface area (Å²) in [4.78, 5) is 0. The molecule has 0 radical (unpaired) electrons. The number of nitrogens with one attached hydrogen (secondary N) is 1. The second kappa shape index (κ2) is 5.46. The van der Waals surface area contributed by atoms with E-state index in [-0.39, 0.29) is 6.10 Å². The van der Waals surface area contributed by atoms with Gasteiger partial charge in [0.15, 0.2) is 0 Å². The van der Waals surface area contributed by atoms with E-state index in [4.69, 9.17) is 0 Å². The minimum absolute atomic E-state index is 0.104. The van der Waals surface area contributed by atoms with E-state index in [0.29, 0.717) is 5.92 Å². The molecule has 0 bridgehead atoms. The smallest absolute Gasteiger partial charge is 0.0580 e. The Kier molecular flexibility index (Phi) is 3.96. The molecule has 1 saturated carbocycles. The average molecular weight is 223 g/mol. The summed E-state index contributed by atoms with van der Waals surface area (Å²) in [6.07, 6.45) is 6.27. The first-order valence-electron chi connectivity index (χ1n) is 6.13. The lowest BCUT2D eigenvalue weighted by Crippen LogP contribution is -2.33. The van der Waals surface area contributed by atoms with Crippen molar-refractivity contribution in [1.29, 1.82) is 0 Å². The number of aryl methyl sites for hydroxylation is 1. The number of nitrogens with zero attached hydrogens (tertiary/aromatic N) is 2. The SMILES string of the molecule is Cn1nccc1CNCC1CCCCC1O. The van der Waals surface area contributed by atoms with E-state index in [0.717, 1.165) is 25.9 Å². The van der Waals surface area contributed by atoms with Gasteiger partial charge in [-0.25, -0.2) is 0 Å². The van der Waals surface area contributed by atoms with Gasteiger partial charge >= 0.3 is 0 Å². The van der Waals surface area contributed by atoms with Crippen LogP contribution in [-0.2, 0) is 13.6 Å². The van der Waals surface area contributed by atoms with E-state index in [1.165, 1.54) is 18.5 Å². The van der Waals surface area contributed by atoms with Gasteiger partial charge in [0.1, 0.15) is 0 Å². The topological polar surface area (TPSA) is 50.1 Å². The van der Waals surface area contributed by atoms with Crippen molar-refractivity contribution in [3.05, 3.63) is 18.0 Å². The first-order valence-corrected chi connectivity index (χ1v) is 6.13. The quantitative estimate of drug-likeness (QED) is 0.802. The lowest BCUT2D eigenvalue weighted by atomic mass is 9.86. The lowest BCUT2D eigenvalue weighted by molar-refractivity contribution is 0.0694. The zero-order valence-electron chi connectivity index (χ0n) is 9.89. The molecule has 2 rings (SSSR count). The van der Waals surface area contributed by atoms with Crippen LogP contribution < -0.4 is 5.32 Å². The second-order valence-electron chi connectivity index (χ2n) is 4.69. The maximum absolute atomic E-state index is 9.82. The third-order valence-electron chi connectivity index (χ3n) is 3.50. The van der Waals surface area contributed by atoms with Crippen LogP contribution in [0.5, 0.6) is 0 Å². The summed E-state index contributed by atoms with van der Waals surface area (Å²) < 4.78 is 1.88. The van der Waals surface area contributed by atoms with Crippen molar-refractivity contribution in [3.63, 3.8) is 0 Å². The van der Waals surface area contributed by atoms with Gasteiger partial charge in [0, 0.05) is 26.3 Å². The zero-order chi connectivity index (χ0) is 11.4. The molecule has 1 aromatic heterocycles. The highest BCUT2D eigenvalue weighted by atomic mass is 16.3. The maximum atomic E-state index is 9.82. The van der Waals surface area contributed by atoms with Crippen molar-refractivity contribution in [3.8, 4) is 0 Å². The molecule has 2 unspecified atom stereocenters. The maximum Gasteiger partial charge on any atom is 0.0580 e. The van der Waals surface area contributed by atoms with E-state index in [2.05, 4.69) is 10.4 Å². The Morgan fingerprint density at radius 1 is 1.50 bits per heavy atom. The van der Waals surface area contributed by atoms with Gasteiger partial charge in [0.05, 0.1) is 11.8 Å². The van der Waals surface area contributed by atoms with Gasteiger partial charge in [0.25, 0.3) is 0 Å². The van der Waals surface area contributed by atoms with Gasteiger partial charge in [-0.15, -0.1) is 0 Å². The van der Waals surface area contributed by atoms with Gasteiger partial charge in [-0.1, -0.05) is 12.8 Å². The third-order valence-corrected chi connectivity index (χ3v) is 3.50. The third kappa shape index (κ3) is 2.83. The number of rotatable bonds is 4. The summed E-state index contributed by atoms with van der Waals surface area (Å²) in [5.41, 5.74) is 1.19. The summed E-state index contributed by atoms with van der Waals surface area (Å²) in [5.74, 6) is 0.432. The molecular weight excluding hydrogens is 202 g/mol. The van der Waals surface area contributed by atoms with Crippen molar-refractivity contribution in [2.75, 3.05) is 6.54 Å². The predicted octanol–water partition coefficient (Wildman–Crippen LogP) is 1.06. The second-order valence-corrected chi connectivity index (χ2v) is 4.69. The van der Waals surface area contributed by atoms with Crippen LogP contribution in [0.1, 0.15) is 31.4 Å². The van der Waals surface area contributed by atoms with Gasteiger partial charge in [-0.2, -0.15) is 5.10 Å². The fourth-order valence-corrected chi connectivity index (χ4v) is 2.39. The molecule has 0 amide bonds. The fourth-order valence-electron chi connectivity index (χ4n) is 2.39. The Labute approximate surface area is 96.7 Å². The molecule has 4 heteroatoms. The first-order chi connectivity index (χ1) is 7.77. The minimum Gasteiger partial charge on any atom is -0.393 e. The molecule has 0 aliphatic heterocycles. The summed E-state index contributed by atoms with van der Waals surface area (Å²) in [5, 5.41) is 17.4. The Balaban J connectivity index is 1.73. The molecule has 1 heterocycles. The predicted molar refractivity (Wildman–Crippen MR) is 62.9 cm³/mol. The van der Waals surface area contributed by atoms with E-state index in [1.807, 2.05) is 24.0 Å². The first kappa shape index (κ1) is 11.6. The van der Waals surface area contributed by atoms with Crippen molar-refractivity contribution in [1.82, 2.24) is 15.1 Å². The van der Waals surface area contributed by atoms with Crippen LogP contribution in [0.3, 0.4) is 0 Å². The molecule has 0 aromatic carbocycles. The standard InChI is InChI=1S/C12H21N3O/c1-15-11(6-7-14-15)9-13-8-10-4-2-3-5-12(10)16/h6-7,10,12-13,16H,2-5,8-9H2,1H3. The molecule has 1 fully saturated rings. The van der Waals surface area contributed by atoms with Crippen molar-refractivity contribution >= 4 is 0 Å². The highest BCUT2D eigenvalue weighted by Gasteiger charge is 2.22. The van der Waals surface area contributed by atoms with E-state index < -0.39 is 0 Å². The van der Waals surface area contributed by atoms with Crippen LogP contribution in [0.25, 0.3) is 0 Å².